The largest absolute Gasteiger partial charge is 0.491 e. The second kappa shape index (κ2) is 8.54. The number of carbonyl (C=O) groups excluding carboxylic acids is 2. The maximum atomic E-state index is 11.9. The third kappa shape index (κ3) is 4.61. The predicted molar refractivity (Wildman–Crippen MR) is 95.5 cm³/mol. The molecule has 0 atom stereocenters. The van der Waals surface area contributed by atoms with E-state index in [1.165, 1.54) is 7.05 Å². The molecule has 0 aliphatic heterocycles. The predicted octanol–water partition coefficient (Wildman–Crippen LogP) is 2.51. The van der Waals surface area contributed by atoms with Gasteiger partial charge in [-0.2, -0.15) is 0 Å². The van der Waals surface area contributed by atoms with E-state index in [0.29, 0.717) is 31.0 Å². The molecule has 0 spiro atoms. The second-order valence-corrected chi connectivity index (χ2v) is 6.00. The molecule has 2 rings (SSSR count). The first kappa shape index (κ1) is 18.1. The van der Waals surface area contributed by atoms with Crippen LogP contribution >= 0.6 is 15.9 Å². The third-order valence-corrected chi connectivity index (χ3v) is 3.91. The van der Waals surface area contributed by atoms with E-state index in [1.807, 2.05) is 31.2 Å². The summed E-state index contributed by atoms with van der Waals surface area (Å²) in [5.74, 6) is -0.234. The number of nitrogens with one attached hydrogen (secondary N) is 3. The molecule has 0 fully saturated rings. The third-order valence-electron chi connectivity index (χ3n) is 3.38. The van der Waals surface area contributed by atoms with Crippen LogP contribution in [0.2, 0.25) is 0 Å². The monoisotopic (exact) mass is 393 g/mol. The van der Waals surface area contributed by atoms with Crippen LogP contribution in [0.15, 0.2) is 34.8 Å². The van der Waals surface area contributed by atoms with Gasteiger partial charge < -0.3 is 20.4 Å². The van der Waals surface area contributed by atoms with Crippen LogP contribution in [0.3, 0.4) is 0 Å². The molecule has 128 valence electrons. The first-order valence-electron chi connectivity index (χ1n) is 7.65. The second-order valence-electron chi connectivity index (χ2n) is 5.09. The van der Waals surface area contributed by atoms with E-state index in [-0.39, 0.29) is 17.5 Å². The van der Waals surface area contributed by atoms with Crippen molar-refractivity contribution < 1.29 is 14.3 Å². The molecule has 0 bridgehead atoms. The summed E-state index contributed by atoms with van der Waals surface area (Å²) in [4.78, 5) is 26.7. The van der Waals surface area contributed by atoms with Gasteiger partial charge in [0.1, 0.15) is 11.4 Å². The number of aromatic amines is 1. The van der Waals surface area contributed by atoms with Gasteiger partial charge in [0, 0.05) is 30.6 Å². The highest BCUT2D eigenvalue weighted by Gasteiger charge is 2.19. The number of aromatic nitrogens is 1. The molecular weight excluding hydrogens is 374 g/mol. The zero-order valence-electron chi connectivity index (χ0n) is 13.6. The number of hydrogen-bond donors (Lipinski definition) is 3. The number of halogens is 1. The van der Waals surface area contributed by atoms with Crippen LogP contribution in [0.5, 0.6) is 5.75 Å². The number of rotatable bonds is 7. The summed E-state index contributed by atoms with van der Waals surface area (Å²) in [6, 6.07) is 9.50. The summed E-state index contributed by atoms with van der Waals surface area (Å²) in [6.45, 7) is 2.74. The van der Waals surface area contributed by atoms with Gasteiger partial charge in [-0.05, 0) is 24.6 Å². The molecule has 1 heterocycles. The van der Waals surface area contributed by atoms with Crippen LogP contribution < -0.4 is 15.4 Å². The van der Waals surface area contributed by atoms with Gasteiger partial charge in [0.2, 0.25) is 0 Å². The number of benzene rings is 1. The highest BCUT2D eigenvalue weighted by molar-refractivity contribution is 9.10. The lowest BCUT2D eigenvalue weighted by atomic mass is 10.2. The molecule has 0 saturated carbocycles. The molecule has 6 nitrogen and oxygen atoms in total. The standard InChI is InChI=1S/C17H20BrN3O3/c1-3-20-16(22)13-10-14(15(21-13)17(23)19-2)24-9-8-11-4-6-12(18)7-5-11/h4-7,10,21H,3,8-9H2,1-2H3,(H,19,23)(H,20,22). The molecule has 2 aromatic rings. The lowest BCUT2D eigenvalue weighted by Gasteiger charge is -2.06. The number of carbonyl (C=O) groups is 2. The Balaban J connectivity index is 2.08. The van der Waals surface area contributed by atoms with Crippen molar-refractivity contribution in [3.63, 3.8) is 0 Å². The van der Waals surface area contributed by atoms with Gasteiger partial charge in [0.15, 0.2) is 5.75 Å². The molecule has 24 heavy (non-hydrogen) atoms. The van der Waals surface area contributed by atoms with Gasteiger partial charge in [-0.3, -0.25) is 9.59 Å². The lowest BCUT2D eigenvalue weighted by Crippen LogP contribution is -2.23. The van der Waals surface area contributed by atoms with Gasteiger partial charge in [0.25, 0.3) is 11.8 Å². The zero-order valence-corrected chi connectivity index (χ0v) is 15.2. The average Bonchev–Trinajstić information content (AvgIpc) is 3.00. The fourth-order valence-corrected chi connectivity index (χ4v) is 2.42. The molecule has 2 amide bonds. The fourth-order valence-electron chi connectivity index (χ4n) is 2.15. The van der Waals surface area contributed by atoms with E-state index in [1.54, 1.807) is 6.07 Å². The first-order chi connectivity index (χ1) is 11.5. The summed E-state index contributed by atoms with van der Waals surface area (Å²) in [6.07, 6.45) is 0.697. The van der Waals surface area contributed by atoms with Crippen LogP contribution in [0.25, 0.3) is 0 Å². The van der Waals surface area contributed by atoms with Crippen molar-refractivity contribution in [1.82, 2.24) is 15.6 Å². The molecule has 3 N–H and O–H groups in total. The molecule has 1 aromatic carbocycles. The van der Waals surface area contributed by atoms with E-state index in [9.17, 15) is 9.59 Å². The number of hydrogen-bond acceptors (Lipinski definition) is 3. The number of amides is 2. The maximum Gasteiger partial charge on any atom is 0.271 e. The summed E-state index contributed by atoms with van der Waals surface area (Å²) < 4.78 is 6.74. The van der Waals surface area contributed by atoms with Crippen LogP contribution in [-0.2, 0) is 6.42 Å². The van der Waals surface area contributed by atoms with E-state index in [0.717, 1.165) is 10.0 Å². The van der Waals surface area contributed by atoms with E-state index < -0.39 is 0 Å². The minimum absolute atomic E-state index is 0.245. The van der Waals surface area contributed by atoms with Gasteiger partial charge in [-0.25, -0.2) is 0 Å². The first-order valence-corrected chi connectivity index (χ1v) is 8.45. The molecule has 0 unspecified atom stereocenters. The van der Waals surface area contributed by atoms with Crippen molar-refractivity contribution >= 4 is 27.7 Å². The molecule has 0 saturated heterocycles. The Labute approximate surface area is 149 Å². The Hall–Kier alpha value is -2.28. The fraction of sp³-hybridized carbons (Fsp3) is 0.294. The van der Waals surface area contributed by atoms with Crippen LogP contribution in [-0.4, -0.2) is 37.0 Å². The van der Waals surface area contributed by atoms with Crippen molar-refractivity contribution in [2.75, 3.05) is 20.2 Å². The smallest absolute Gasteiger partial charge is 0.271 e. The highest BCUT2D eigenvalue weighted by atomic mass is 79.9. The van der Waals surface area contributed by atoms with Gasteiger partial charge >= 0.3 is 0 Å². The molecular formula is C17H20BrN3O3. The molecule has 0 aliphatic carbocycles. The van der Waals surface area contributed by atoms with E-state index >= 15 is 0 Å². The Bertz CT molecular complexity index is 710. The lowest BCUT2D eigenvalue weighted by molar-refractivity contribution is 0.0951. The van der Waals surface area contributed by atoms with Gasteiger partial charge in [-0.1, -0.05) is 28.1 Å². The number of H-pyrrole nitrogens is 1. The quantitative estimate of drug-likeness (QED) is 0.675. The Morgan fingerprint density at radius 3 is 2.54 bits per heavy atom. The van der Waals surface area contributed by atoms with Crippen molar-refractivity contribution in [2.45, 2.75) is 13.3 Å². The average molecular weight is 394 g/mol. The van der Waals surface area contributed by atoms with Crippen molar-refractivity contribution in [1.29, 1.82) is 0 Å². The molecule has 1 aromatic heterocycles. The Morgan fingerprint density at radius 2 is 1.92 bits per heavy atom. The van der Waals surface area contributed by atoms with Crippen molar-refractivity contribution in [3.8, 4) is 5.75 Å². The minimum atomic E-state index is -0.329. The van der Waals surface area contributed by atoms with Crippen LogP contribution in [0.1, 0.15) is 33.5 Å². The van der Waals surface area contributed by atoms with Gasteiger partial charge in [0.05, 0.1) is 6.61 Å². The minimum Gasteiger partial charge on any atom is -0.491 e. The summed E-state index contributed by atoms with van der Waals surface area (Å²) >= 11 is 3.40. The zero-order chi connectivity index (χ0) is 17.5. The summed E-state index contributed by atoms with van der Waals surface area (Å²) in [7, 11) is 1.53. The Kier molecular flexibility index (Phi) is 6.43. The van der Waals surface area contributed by atoms with Crippen LogP contribution in [0, 0.1) is 0 Å². The molecule has 7 heteroatoms. The van der Waals surface area contributed by atoms with E-state index in [2.05, 4.69) is 31.5 Å². The van der Waals surface area contributed by atoms with Crippen LogP contribution in [0.4, 0.5) is 0 Å². The van der Waals surface area contributed by atoms with Crippen molar-refractivity contribution in [2.24, 2.45) is 0 Å². The maximum absolute atomic E-state index is 11.9. The summed E-state index contributed by atoms with van der Waals surface area (Å²) in [5.41, 5.74) is 1.67. The Morgan fingerprint density at radius 1 is 1.21 bits per heavy atom. The molecule has 0 radical (unpaired) electrons. The normalized spacial score (nSPS) is 10.3. The summed E-state index contributed by atoms with van der Waals surface area (Å²) in [5, 5.41) is 5.22. The van der Waals surface area contributed by atoms with Crippen molar-refractivity contribution in [3.05, 3.63) is 51.8 Å². The SMILES string of the molecule is CCNC(=O)c1cc(OCCc2ccc(Br)cc2)c(C(=O)NC)[nH]1. The van der Waals surface area contributed by atoms with Gasteiger partial charge in [-0.15, -0.1) is 0 Å². The molecule has 0 aliphatic rings. The topological polar surface area (TPSA) is 83.2 Å². The van der Waals surface area contributed by atoms with E-state index in [4.69, 9.17) is 4.74 Å². The highest BCUT2D eigenvalue weighted by Crippen LogP contribution is 2.21. The number of ether oxygens (including phenoxy) is 1.